The molecular formula is C17H21N3O3. The molecular weight excluding hydrogens is 294 g/mol. The molecule has 2 rings (SSSR count). The summed E-state index contributed by atoms with van der Waals surface area (Å²) in [6.45, 7) is 1.52. The van der Waals surface area contributed by atoms with Crippen molar-refractivity contribution in [2.45, 2.75) is 6.54 Å². The van der Waals surface area contributed by atoms with Gasteiger partial charge in [0.2, 0.25) is 0 Å². The lowest BCUT2D eigenvalue weighted by atomic mass is 10.2. The molecule has 1 amide bonds. The van der Waals surface area contributed by atoms with E-state index in [1.54, 1.807) is 32.5 Å². The van der Waals surface area contributed by atoms with Gasteiger partial charge in [0.15, 0.2) is 0 Å². The van der Waals surface area contributed by atoms with Gasteiger partial charge in [-0.2, -0.15) is 0 Å². The quantitative estimate of drug-likeness (QED) is 0.730. The number of nitrogens with zero attached hydrogens (tertiary/aromatic N) is 1. The van der Waals surface area contributed by atoms with E-state index in [1.807, 2.05) is 24.3 Å². The molecule has 0 bridgehead atoms. The number of ether oxygens (including phenoxy) is 2. The predicted octanol–water partition coefficient (Wildman–Crippen LogP) is 2.08. The Kier molecular flexibility index (Phi) is 6.38. The maximum atomic E-state index is 12.0. The number of rotatable bonds is 8. The van der Waals surface area contributed by atoms with Crippen molar-refractivity contribution in [3.8, 4) is 5.75 Å². The lowest BCUT2D eigenvalue weighted by molar-refractivity contribution is 0.0937. The van der Waals surface area contributed by atoms with Gasteiger partial charge in [-0.3, -0.25) is 4.79 Å². The smallest absolute Gasteiger partial charge is 0.251 e. The first-order valence-electron chi connectivity index (χ1n) is 7.33. The fraction of sp³-hybridized carbons (Fsp3) is 0.294. The third-order valence-corrected chi connectivity index (χ3v) is 3.27. The molecule has 0 spiro atoms. The van der Waals surface area contributed by atoms with Crippen LogP contribution in [0, 0.1) is 0 Å². The third-order valence-electron chi connectivity index (χ3n) is 3.27. The van der Waals surface area contributed by atoms with Gasteiger partial charge in [0.25, 0.3) is 5.91 Å². The highest BCUT2D eigenvalue weighted by Gasteiger charge is 2.07. The topological polar surface area (TPSA) is 72.5 Å². The van der Waals surface area contributed by atoms with Gasteiger partial charge in [0, 0.05) is 37.5 Å². The maximum absolute atomic E-state index is 12.0. The molecule has 1 heterocycles. The number of carbonyl (C=O) groups excluding carboxylic acids is 1. The van der Waals surface area contributed by atoms with E-state index in [4.69, 9.17) is 9.47 Å². The lowest BCUT2D eigenvalue weighted by Crippen LogP contribution is -2.27. The molecule has 2 aromatic rings. The van der Waals surface area contributed by atoms with E-state index in [2.05, 4.69) is 15.6 Å². The fourth-order valence-electron chi connectivity index (χ4n) is 2.07. The second-order valence-corrected chi connectivity index (χ2v) is 4.84. The molecule has 2 N–H and O–H groups in total. The molecule has 0 aliphatic carbocycles. The Morgan fingerprint density at radius 2 is 2.04 bits per heavy atom. The molecule has 1 aromatic heterocycles. The van der Waals surface area contributed by atoms with Crippen LogP contribution in [0.1, 0.15) is 15.9 Å². The van der Waals surface area contributed by atoms with E-state index < -0.39 is 0 Å². The van der Waals surface area contributed by atoms with Crippen LogP contribution in [-0.4, -0.2) is 38.3 Å². The van der Waals surface area contributed by atoms with E-state index in [0.29, 0.717) is 31.1 Å². The molecule has 0 atom stereocenters. The molecule has 0 saturated heterocycles. The van der Waals surface area contributed by atoms with Gasteiger partial charge in [-0.1, -0.05) is 18.2 Å². The highest BCUT2D eigenvalue weighted by atomic mass is 16.5. The summed E-state index contributed by atoms with van der Waals surface area (Å²) in [4.78, 5) is 16.2. The van der Waals surface area contributed by atoms with Crippen LogP contribution in [0.3, 0.4) is 0 Å². The van der Waals surface area contributed by atoms with Crippen LogP contribution >= 0.6 is 0 Å². The Labute approximate surface area is 135 Å². The zero-order chi connectivity index (χ0) is 16.5. The Morgan fingerprint density at radius 1 is 1.22 bits per heavy atom. The van der Waals surface area contributed by atoms with Crippen molar-refractivity contribution in [1.82, 2.24) is 10.3 Å². The molecule has 6 nitrogen and oxygen atoms in total. The molecule has 1 aromatic carbocycles. The summed E-state index contributed by atoms with van der Waals surface area (Å²) in [5.74, 6) is 1.30. The minimum absolute atomic E-state index is 0.148. The molecule has 0 aliphatic heterocycles. The number of hydrogen-bond acceptors (Lipinski definition) is 5. The monoisotopic (exact) mass is 315 g/mol. The number of hydrogen-bond donors (Lipinski definition) is 2. The summed E-state index contributed by atoms with van der Waals surface area (Å²) in [6, 6.07) is 11.2. The van der Waals surface area contributed by atoms with Crippen LogP contribution in [0.15, 0.2) is 42.6 Å². The third kappa shape index (κ3) is 4.96. The first kappa shape index (κ1) is 16.8. The van der Waals surface area contributed by atoms with Gasteiger partial charge in [-0.25, -0.2) is 4.98 Å². The fourth-order valence-corrected chi connectivity index (χ4v) is 2.07. The summed E-state index contributed by atoms with van der Waals surface area (Å²) < 4.78 is 10.2. The summed E-state index contributed by atoms with van der Waals surface area (Å²) >= 11 is 0. The zero-order valence-electron chi connectivity index (χ0n) is 13.3. The number of anilines is 1. The van der Waals surface area contributed by atoms with Crippen molar-refractivity contribution in [2.75, 3.05) is 32.7 Å². The summed E-state index contributed by atoms with van der Waals surface area (Å²) in [7, 11) is 3.24. The van der Waals surface area contributed by atoms with Crippen molar-refractivity contribution < 1.29 is 14.3 Å². The van der Waals surface area contributed by atoms with Crippen molar-refractivity contribution >= 4 is 11.7 Å². The molecule has 6 heteroatoms. The van der Waals surface area contributed by atoms with Gasteiger partial charge >= 0.3 is 0 Å². The Bertz CT molecular complexity index is 646. The Morgan fingerprint density at radius 3 is 2.83 bits per heavy atom. The number of carbonyl (C=O) groups is 1. The minimum atomic E-state index is -0.148. The summed E-state index contributed by atoms with van der Waals surface area (Å²) in [5, 5.41) is 5.98. The SMILES string of the molecule is COCCNC(=O)c1ccnc(NCc2ccccc2OC)c1. The van der Waals surface area contributed by atoms with Crippen molar-refractivity contribution in [3.05, 3.63) is 53.7 Å². The number of pyridine rings is 1. The van der Waals surface area contributed by atoms with Gasteiger partial charge in [-0.05, 0) is 18.2 Å². The average molecular weight is 315 g/mol. The van der Waals surface area contributed by atoms with Gasteiger partial charge < -0.3 is 20.1 Å². The molecule has 23 heavy (non-hydrogen) atoms. The van der Waals surface area contributed by atoms with E-state index in [9.17, 15) is 4.79 Å². The van der Waals surface area contributed by atoms with Crippen LogP contribution in [0.2, 0.25) is 0 Å². The van der Waals surface area contributed by atoms with Crippen molar-refractivity contribution in [2.24, 2.45) is 0 Å². The first-order valence-corrected chi connectivity index (χ1v) is 7.33. The van der Waals surface area contributed by atoms with Gasteiger partial charge in [0.05, 0.1) is 13.7 Å². The number of methoxy groups -OCH3 is 2. The molecule has 0 aliphatic rings. The largest absolute Gasteiger partial charge is 0.496 e. The molecule has 0 saturated carbocycles. The van der Waals surface area contributed by atoms with E-state index >= 15 is 0 Å². The summed E-state index contributed by atoms with van der Waals surface area (Å²) in [5.41, 5.74) is 1.57. The second kappa shape index (κ2) is 8.75. The normalized spacial score (nSPS) is 10.2. The van der Waals surface area contributed by atoms with Gasteiger partial charge in [0.1, 0.15) is 11.6 Å². The lowest BCUT2D eigenvalue weighted by Gasteiger charge is -2.10. The Hall–Kier alpha value is -2.60. The molecule has 122 valence electrons. The molecule has 0 radical (unpaired) electrons. The maximum Gasteiger partial charge on any atom is 0.251 e. The van der Waals surface area contributed by atoms with Gasteiger partial charge in [-0.15, -0.1) is 0 Å². The standard InChI is InChI=1S/C17H21N3O3/c1-22-10-9-19-17(21)13-7-8-18-16(11-13)20-12-14-5-3-4-6-15(14)23-2/h3-8,11H,9-10,12H2,1-2H3,(H,18,20)(H,19,21). The van der Waals surface area contributed by atoms with E-state index in [1.165, 1.54) is 0 Å². The number of para-hydroxylation sites is 1. The van der Waals surface area contributed by atoms with E-state index in [0.717, 1.165) is 11.3 Å². The van der Waals surface area contributed by atoms with Crippen molar-refractivity contribution in [1.29, 1.82) is 0 Å². The summed E-state index contributed by atoms with van der Waals surface area (Å²) in [6.07, 6.45) is 1.61. The number of aromatic nitrogens is 1. The van der Waals surface area contributed by atoms with Crippen LogP contribution in [0.4, 0.5) is 5.82 Å². The average Bonchev–Trinajstić information content (AvgIpc) is 2.60. The number of nitrogens with one attached hydrogen (secondary N) is 2. The molecule has 0 unspecified atom stereocenters. The highest BCUT2D eigenvalue weighted by Crippen LogP contribution is 2.18. The van der Waals surface area contributed by atoms with Crippen LogP contribution in [0.25, 0.3) is 0 Å². The van der Waals surface area contributed by atoms with E-state index in [-0.39, 0.29) is 5.91 Å². The van der Waals surface area contributed by atoms with Crippen LogP contribution < -0.4 is 15.4 Å². The predicted molar refractivity (Wildman–Crippen MR) is 88.8 cm³/mol. The second-order valence-electron chi connectivity index (χ2n) is 4.84. The van der Waals surface area contributed by atoms with Crippen LogP contribution in [-0.2, 0) is 11.3 Å². The minimum Gasteiger partial charge on any atom is -0.496 e. The van der Waals surface area contributed by atoms with Crippen molar-refractivity contribution in [3.63, 3.8) is 0 Å². The first-order chi connectivity index (χ1) is 11.2. The Balaban J connectivity index is 1.98. The van der Waals surface area contributed by atoms with Crippen LogP contribution in [0.5, 0.6) is 5.75 Å². The number of benzene rings is 1. The molecule has 0 fully saturated rings. The highest BCUT2D eigenvalue weighted by molar-refractivity contribution is 5.94. The number of amides is 1. The zero-order valence-corrected chi connectivity index (χ0v) is 13.3.